The summed E-state index contributed by atoms with van der Waals surface area (Å²) in [6.45, 7) is 2.59. The standard InChI is InChI=1S/C18H15ClN6O3/c1-2-23-17(26)12-5-3-4-6-14(12)24-16(21-22-18(23)24)10-20-11-7-8-13(19)15(9-11)25(27)28/h3-9,20H,2,10H2,1H3. The highest BCUT2D eigenvalue weighted by Crippen LogP contribution is 2.27. The summed E-state index contributed by atoms with van der Waals surface area (Å²) < 4.78 is 3.38. The number of para-hydroxylation sites is 1. The van der Waals surface area contributed by atoms with Crippen molar-refractivity contribution in [3.05, 3.63) is 73.8 Å². The van der Waals surface area contributed by atoms with E-state index in [4.69, 9.17) is 11.6 Å². The average Bonchev–Trinajstić information content (AvgIpc) is 3.11. The summed E-state index contributed by atoms with van der Waals surface area (Å²) in [5, 5.41) is 23.2. The third-order valence-corrected chi connectivity index (χ3v) is 4.80. The third-order valence-electron chi connectivity index (χ3n) is 4.48. The maximum Gasteiger partial charge on any atom is 0.289 e. The van der Waals surface area contributed by atoms with Gasteiger partial charge >= 0.3 is 0 Å². The predicted molar refractivity (Wildman–Crippen MR) is 106 cm³/mol. The topological polar surface area (TPSA) is 107 Å². The van der Waals surface area contributed by atoms with Crippen molar-refractivity contribution < 1.29 is 4.92 Å². The van der Waals surface area contributed by atoms with Gasteiger partial charge < -0.3 is 5.32 Å². The highest BCUT2D eigenvalue weighted by Gasteiger charge is 2.16. The number of aryl methyl sites for hydroxylation is 1. The van der Waals surface area contributed by atoms with Gasteiger partial charge in [-0.05, 0) is 31.2 Å². The van der Waals surface area contributed by atoms with Crippen molar-refractivity contribution in [3.8, 4) is 0 Å². The molecule has 4 aromatic rings. The van der Waals surface area contributed by atoms with Gasteiger partial charge in [-0.1, -0.05) is 23.7 Å². The lowest BCUT2D eigenvalue weighted by atomic mass is 10.2. The molecule has 1 N–H and O–H groups in total. The molecule has 0 saturated heterocycles. The molecule has 0 fully saturated rings. The summed E-state index contributed by atoms with van der Waals surface area (Å²) in [5.41, 5.74) is 0.936. The van der Waals surface area contributed by atoms with Gasteiger partial charge in [0.15, 0.2) is 5.82 Å². The highest BCUT2D eigenvalue weighted by atomic mass is 35.5. The number of nitrogens with zero attached hydrogens (tertiary/aromatic N) is 5. The van der Waals surface area contributed by atoms with E-state index in [0.717, 1.165) is 0 Å². The number of nitro groups is 1. The molecule has 4 rings (SSSR count). The van der Waals surface area contributed by atoms with Gasteiger partial charge in [0.25, 0.3) is 11.2 Å². The molecule has 0 spiro atoms. The minimum atomic E-state index is -0.534. The van der Waals surface area contributed by atoms with Gasteiger partial charge in [-0.25, -0.2) is 0 Å². The van der Waals surface area contributed by atoms with Crippen molar-refractivity contribution in [2.45, 2.75) is 20.0 Å². The summed E-state index contributed by atoms with van der Waals surface area (Å²) in [5.74, 6) is 1.02. The minimum Gasteiger partial charge on any atom is -0.378 e. The Morgan fingerprint density at radius 3 is 2.75 bits per heavy atom. The zero-order valence-electron chi connectivity index (χ0n) is 14.8. The van der Waals surface area contributed by atoms with Gasteiger partial charge in [0.2, 0.25) is 5.78 Å². The quantitative estimate of drug-likeness (QED) is 0.408. The molecule has 2 aromatic carbocycles. The molecule has 0 saturated carbocycles. The van der Waals surface area contributed by atoms with E-state index >= 15 is 0 Å². The Morgan fingerprint density at radius 2 is 2.00 bits per heavy atom. The Bertz CT molecular complexity index is 1280. The number of rotatable bonds is 5. The zero-order chi connectivity index (χ0) is 19.8. The Kier molecular flexibility index (Phi) is 4.44. The second-order valence-corrected chi connectivity index (χ2v) is 6.50. The number of fused-ring (bicyclic) bond motifs is 3. The molecule has 28 heavy (non-hydrogen) atoms. The molecule has 0 bridgehead atoms. The molecule has 0 atom stereocenters. The van der Waals surface area contributed by atoms with Crippen LogP contribution in [0.4, 0.5) is 11.4 Å². The Labute approximate surface area is 163 Å². The van der Waals surface area contributed by atoms with Gasteiger partial charge in [0.05, 0.1) is 22.4 Å². The molecule has 0 aliphatic carbocycles. The molecule has 0 unspecified atom stereocenters. The Balaban J connectivity index is 1.79. The van der Waals surface area contributed by atoms with E-state index in [1.807, 2.05) is 29.5 Å². The summed E-state index contributed by atoms with van der Waals surface area (Å²) in [6.07, 6.45) is 0. The van der Waals surface area contributed by atoms with E-state index in [1.54, 1.807) is 16.7 Å². The van der Waals surface area contributed by atoms with Crippen LogP contribution in [0.1, 0.15) is 12.7 Å². The normalized spacial score (nSPS) is 11.2. The molecule has 0 aliphatic heterocycles. The molecule has 10 heteroatoms. The van der Waals surface area contributed by atoms with Crippen LogP contribution in [0.5, 0.6) is 0 Å². The molecule has 0 aliphatic rings. The molecule has 2 heterocycles. The Morgan fingerprint density at radius 1 is 1.21 bits per heavy atom. The van der Waals surface area contributed by atoms with E-state index in [0.29, 0.717) is 34.7 Å². The van der Waals surface area contributed by atoms with Crippen LogP contribution in [-0.4, -0.2) is 24.1 Å². The number of hydrogen-bond donors (Lipinski definition) is 1. The second-order valence-electron chi connectivity index (χ2n) is 6.10. The highest BCUT2D eigenvalue weighted by molar-refractivity contribution is 6.32. The number of benzene rings is 2. The van der Waals surface area contributed by atoms with Crippen molar-refractivity contribution in [3.63, 3.8) is 0 Å². The van der Waals surface area contributed by atoms with Crippen molar-refractivity contribution in [2.75, 3.05) is 5.32 Å². The molecule has 0 amide bonds. The maximum absolute atomic E-state index is 12.7. The maximum atomic E-state index is 12.7. The van der Waals surface area contributed by atoms with Gasteiger partial charge in [-0.15, -0.1) is 10.2 Å². The molecule has 0 radical (unpaired) electrons. The van der Waals surface area contributed by atoms with Crippen LogP contribution in [0.2, 0.25) is 5.02 Å². The van der Waals surface area contributed by atoms with Crippen molar-refractivity contribution in [1.82, 2.24) is 19.2 Å². The van der Waals surface area contributed by atoms with Crippen LogP contribution in [0, 0.1) is 10.1 Å². The number of aromatic nitrogens is 4. The lowest BCUT2D eigenvalue weighted by molar-refractivity contribution is -0.384. The number of halogens is 1. The second kappa shape index (κ2) is 6.93. The summed E-state index contributed by atoms with van der Waals surface area (Å²) in [4.78, 5) is 23.2. The molecular weight excluding hydrogens is 384 g/mol. The fourth-order valence-corrected chi connectivity index (χ4v) is 3.34. The van der Waals surface area contributed by atoms with Crippen molar-refractivity contribution in [1.29, 1.82) is 0 Å². The van der Waals surface area contributed by atoms with Crippen LogP contribution in [0.25, 0.3) is 16.7 Å². The Hall–Kier alpha value is -3.46. The fraction of sp³-hybridized carbons (Fsp3) is 0.167. The first-order valence-electron chi connectivity index (χ1n) is 8.54. The molecule has 9 nitrogen and oxygen atoms in total. The van der Waals surface area contributed by atoms with E-state index in [9.17, 15) is 14.9 Å². The van der Waals surface area contributed by atoms with Gasteiger partial charge in [-0.3, -0.25) is 23.9 Å². The van der Waals surface area contributed by atoms with Crippen molar-refractivity contribution >= 4 is 39.7 Å². The van der Waals surface area contributed by atoms with Crippen molar-refractivity contribution in [2.24, 2.45) is 0 Å². The summed E-state index contributed by atoms with van der Waals surface area (Å²) in [7, 11) is 0. The summed E-state index contributed by atoms with van der Waals surface area (Å²) >= 11 is 5.85. The molecule has 2 aromatic heterocycles. The number of nitro benzene ring substituents is 1. The number of anilines is 1. The van der Waals surface area contributed by atoms with Gasteiger partial charge in [-0.2, -0.15) is 0 Å². The first-order valence-corrected chi connectivity index (χ1v) is 8.92. The smallest absolute Gasteiger partial charge is 0.289 e. The largest absolute Gasteiger partial charge is 0.378 e. The number of hydrogen-bond acceptors (Lipinski definition) is 6. The minimum absolute atomic E-state index is 0.0708. The first kappa shape index (κ1) is 17.9. The molecular formula is C18H15ClN6O3. The van der Waals surface area contributed by atoms with E-state index in [-0.39, 0.29) is 22.8 Å². The third kappa shape index (κ3) is 2.85. The van der Waals surface area contributed by atoms with Crippen LogP contribution in [-0.2, 0) is 13.1 Å². The lowest BCUT2D eigenvalue weighted by Gasteiger charge is -2.10. The van der Waals surface area contributed by atoms with Crippen LogP contribution in [0.15, 0.2) is 47.3 Å². The zero-order valence-corrected chi connectivity index (χ0v) is 15.6. The SMILES string of the molecule is CCn1c(=O)c2ccccc2n2c(CNc3ccc(Cl)c([N+](=O)[O-])c3)nnc12. The van der Waals surface area contributed by atoms with Crippen LogP contribution in [0.3, 0.4) is 0 Å². The fourth-order valence-electron chi connectivity index (χ4n) is 3.16. The lowest BCUT2D eigenvalue weighted by Crippen LogP contribution is -2.22. The van der Waals surface area contributed by atoms with E-state index in [1.165, 1.54) is 12.1 Å². The first-order chi connectivity index (χ1) is 13.5. The predicted octanol–water partition coefficient (Wildman–Crippen LogP) is 3.24. The van der Waals surface area contributed by atoms with Crippen LogP contribution < -0.4 is 10.9 Å². The van der Waals surface area contributed by atoms with E-state index in [2.05, 4.69) is 15.5 Å². The van der Waals surface area contributed by atoms with E-state index < -0.39 is 4.92 Å². The monoisotopic (exact) mass is 398 g/mol. The average molecular weight is 399 g/mol. The van der Waals surface area contributed by atoms with Crippen LogP contribution >= 0.6 is 11.6 Å². The van der Waals surface area contributed by atoms with Gasteiger partial charge in [0, 0.05) is 18.3 Å². The number of nitrogens with one attached hydrogen (secondary N) is 1. The summed E-state index contributed by atoms with van der Waals surface area (Å²) in [6, 6.07) is 11.7. The molecule has 142 valence electrons. The van der Waals surface area contributed by atoms with Gasteiger partial charge in [0.1, 0.15) is 5.02 Å².